The lowest BCUT2D eigenvalue weighted by Crippen LogP contribution is -2.46. The van der Waals surface area contributed by atoms with Gasteiger partial charge in [-0.15, -0.1) is 0 Å². The van der Waals surface area contributed by atoms with Gasteiger partial charge in [0.05, 0.1) is 12.5 Å². The predicted octanol–water partition coefficient (Wildman–Crippen LogP) is 2.24. The monoisotopic (exact) mass is 339 g/mol. The molecule has 2 unspecified atom stereocenters. The zero-order chi connectivity index (χ0) is 17.4. The molecular weight excluding hydrogens is 306 g/mol. The smallest absolute Gasteiger partial charge is 0.409 e. The molecule has 0 bridgehead atoms. The van der Waals surface area contributed by atoms with E-state index in [0.29, 0.717) is 25.7 Å². The van der Waals surface area contributed by atoms with E-state index in [9.17, 15) is 9.59 Å². The van der Waals surface area contributed by atoms with Gasteiger partial charge in [0.1, 0.15) is 0 Å². The van der Waals surface area contributed by atoms with Gasteiger partial charge in [0.25, 0.3) is 0 Å². The normalized spacial score (nSPS) is 25.3. The minimum atomic E-state index is -0.297. The summed E-state index contributed by atoms with van der Waals surface area (Å²) in [4.78, 5) is 28.3. The largest absolute Gasteiger partial charge is 0.450 e. The van der Waals surface area contributed by atoms with E-state index in [-0.39, 0.29) is 17.9 Å². The van der Waals surface area contributed by atoms with Crippen LogP contribution in [0.15, 0.2) is 0 Å². The summed E-state index contributed by atoms with van der Waals surface area (Å²) in [7, 11) is 0. The molecule has 0 aromatic heterocycles. The Morgan fingerprint density at radius 2 is 2.00 bits per heavy atom. The highest BCUT2D eigenvalue weighted by Gasteiger charge is 2.28. The minimum absolute atomic E-state index is 0.0793. The Balaban J connectivity index is 1.65. The third-order valence-corrected chi connectivity index (χ3v) is 5.18. The Bertz CT molecular complexity index is 416. The molecule has 0 saturated carbocycles. The highest BCUT2D eigenvalue weighted by atomic mass is 16.6. The highest BCUT2D eigenvalue weighted by Crippen LogP contribution is 2.18. The lowest BCUT2D eigenvalue weighted by Gasteiger charge is -2.33. The van der Waals surface area contributed by atoms with Crippen LogP contribution in [-0.4, -0.2) is 67.2 Å². The van der Waals surface area contributed by atoms with Crippen LogP contribution in [0.5, 0.6) is 0 Å². The molecule has 0 aromatic carbocycles. The maximum Gasteiger partial charge on any atom is 0.409 e. The SMILES string of the molecule is CCOC(=O)N1CCCC(C(=O)NCCCN2CCCCC2C)C1. The van der Waals surface area contributed by atoms with Crippen molar-refractivity contribution in [3.8, 4) is 0 Å². The number of piperidine rings is 2. The molecular formula is C18H33N3O3. The number of carbonyl (C=O) groups is 2. The van der Waals surface area contributed by atoms with Crippen LogP contribution in [0.2, 0.25) is 0 Å². The van der Waals surface area contributed by atoms with Gasteiger partial charge in [-0.3, -0.25) is 4.79 Å². The maximum absolute atomic E-state index is 12.3. The van der Waals surface area contributed by atoms with E-state index in [0.717, 1.165) is 32.4 Å². The van der Waals surface area contributed by atoms with Gasteiger partial charge >= 0.3 is 6.09 Å². The Morgan fingerprint density at radius 1 is 1.17 bits per heavy atom. The predicted molar refractivity (Wildman–Crippen MR) is 93.8 cm³/mol. The fourth-order valence-electron chi connectivity index (χ4n) is 3.70. The molecule has 2 rings (SSSR count). The fraction of sp³-hybridized carbons (Fsp3) is 0.889. The molecule has 0 aliphatic carbocycles. The Morgan fingerprint density at radius 3 is 2.75 bits per heavy atom. The third kappa shape index (κ3) is 5.65. The molecule has 2 atom stereocenters. The number of rotatable bonds is 6. The van der Waals surface area contributed by atoms with Gasteiger partial charge < -0.3 is 19.9 Å². The molecule has 1 N–H and O–H groups in total. The molecule has 6 nitrogen and oxygen atoms in total. The molecule has 2 heterocycles. The first kappa shape index (κ1) is 19.0. The Kier molecular flexibility index (Phi) is 7.82. The van der Waals surface area contributed by atoms with Crippen molar-refractivity contribution in [2.45, 2.75) is 58.4 Å². The quantitative estimate of drug-likeness (QED) is 0.754. The van der Waals surface area contributed by atoms with Gasteiger partial charge in [0.2, 0.25) is 5.91 Å². The summed E-state index contributed by atoms with van der Waals surface area (Å²) in [6.07, 6.45) is 6.33. The van der Waals surface area contributed by atoms with Crippen molar-refractivity contribution >= 4 is 12.0 Å². The van der Waals surface area contributed by atoms with Crippen molar-refractivity contribution in [1.29, 1.82) is 0 Å². The van der Waals surface area contributed by atoms with Crippen LogP contribution in [0.4, 0.5) is 4.79 Å². The topological polar surface area (TPSA) is 61.9 Å². The number of hydrogen-bond donors (Lipinski definition) is 1. The van der Waals surface area contributed by atoms with Crippen molar-refractivity contribution in [3.05, 3.63) is 0 Å². The first-order valence-electron chi connectivity index (χ1n) is 9.55. The molecule has 0 radical (unpaired) electrons. The first-order valence-corrected chi connectivity index (χ1v) is 9.55. The summed E-state index contributed by atoms with van der Waals surface area (Å²) in [5.41, 5.74) is 0. The maximum atomic E-state index is 12.3. The zero-order valence-corrected chi connectivity index (χ0v) is 15.3. The highest BCUT2D eigenvalue weighted by molar-refractivity contribution is 5.79. The molecule has 0 aromatic rings. The standard InChI is InChI=1S/C18H33N3O3/c1-3-24-18(23)21-12-6-9-16(14-21)17(22)19-10-7-13-20-11-5-4-8-15(20)2/h15-16H,3-14H2,1-2H3,(H,19,22). The molecule has 2 amide bonds. The number of ether oxygens (including phenoxy) is 1. The second-order valence-electron chi connectivity index (χ2n) is 7.01. The second kappa shape index (κ2) is 9.87. The van der Waals surface area contributed by atoms with Crippen LogP contribution in [0, 0.1) is 5.92 Å². The minimum Gasteiger partial charge on any atom is -0.450 e. The summed E-state index contributed by atoms with van der Waals surface area (Å²) in [5, 5.41) is 3.05. The van der Waals surface area contributed by atoms with Crippen molar-refractivity contribution in [1.82, 2.24) is 15.1 Å². The van der Waals surface area contributed by atoms with E-state index in [1.165, 1.54) is 25.8 Å². The van der Waals surface area contributed by atoms with Crippen molar-refractivity contribution in [3.63, 3.8) is 0 Å². The molecule has 2 aliphatic rings. The van der Waals surface area contributed by atoms with Crippen molar-refractivity contribution < 1.29 is 14.3 Å². The van der Waals surface area contributed by atoms with E-state index in [2.05, 4.69) is 17.1 Å². The average molecular weight is 339 g/mol. The van der Waals surface area contributed by atoms with Crippen LogP contribution in [0.3, 0.4) is 0 Å². The van der Waals surface area contributed by atoms with Gasteiger partial charge in [0, 0.05) is 32.2 Å². The summed E-state index contributed by atoms with van der Waals surface area (Å²) in [6.45, 7) is 8.61. The number of likely N-dealkylation sites (tertiary alicyclic amines) is 2. The number of carbonyl (C=O) groups excluding carboxylic acids is 2. The summed E-state index contributed by atoms with van der Waals surface area (Å²) >= 11 is 0. The van der Waals surface area contributed by atoms with Crippen LogP contribution in [0.1, 0.15) is 52.4 Å². The van der Waals surface area contributed by atoms with Crippen LogP contribution in [0.25, 0.3) is 0 Å². The van der Waals surface area contributed by atoms with Gasteiger partial charge in [0.15, 0.2) is 0 Å². The molecule has 0 spiro atoms. The zero-order valence-electron chi connectivity index (χ0n) is 15.3. The molecule has 138 valence electrons. The fourth-order valence-corrected chi connectivity index (χ4v) is 3.70. The lowest BCUT2D eigenvalue weighted by molar-refractivity contribution is -0.126. The van der Waals surface area contributed by atoms with Crippen molar-refractivity contribution in [2.24, 2.45) is 5.92 Å². The van der Waals surface area contributed by atoms with Gasteiger partial charge in [-0.05, 0) is 52.5 Å². The van der Waals surface area contributed by atoms with E-state index < -0.39 is 0 Å². The number of hydrogen-bond acceptors (Lipinski definition) is 4. The average Bonchev–Trinajstić information content (AvgIpc) is 2.60. The lowest BCUT2D eigenvalue weighted by atomic mass is 9.97. The van der Waals surface area contributed by atoms with E-state index in [4.69, 9.17) is 4.74 Å². The van der Waals surface area contributed by atoms with Crippen LogP contribution >= 0.6 is 0 Å². The van der Waals surface area contributed by atoms with Crippen LogP contribution in [-0.2, 0) is 9.53 Å². The molecule has 2 saturated heterocycles. The van der Waals surface area contributed by atoms with Crippen molar-refractivity contribution in [2.75, 3.05) is 39.3 Å². The Labute approximate surface area is 145 Å². The Hall–Kier alpha value is -1.30. The second-order valence-corrected chi connectivity index (χ2v) is 7.01. The van der Waals surface area contributed by atoms with Crippen LogP contribution < -0.4 is 5.32 Å². The molecule has 24 heavy (non-hydrogen) atoms. The first-order chi connectivity index (χ1) is 11.6. The van der Waals surface area contributed by atoms with Gasteiger partial charge in [-0.1, -0.05) is 6.42 Å². The van der Waals surface area contributed by atoms with Gasteiger partial charge in [-0.2, -0.15) is 0 Å². The summed E-state index contributed by atoms with van der Waals surface area (Å²) < 4.78 is 5.03. The molecule has 2 fully saturated rings. The van der Waals surface area contributed by atoms with Gasteiger partial charge in [-0.25, -0.2) is 4.79 Å². The van der Waals surface area contributed by atoms with E-state index in [1.807, 2.05) is 0 Å². The molecule has 6 heteroatoms. The summed E-state index contributed by atoms with van der Waals surface area (Å²) in [6, 6.07) is 0.672. The third-order valence-electron chi connectivity index (χ3n) is 5.18. The van der Waals surface area contributed by atoms with E-state index in [1.54, 1.807) is 11.8 Å². The number of amides is 2. The summed E-state index contributed by atoms with van der Waals surface area (Å²) in [5.74, 6) is -0.0206. The van der Waals surface area contributed by atoms with E-state index >= 15 is 0 Å². The number of nitrogens with zero attached hydrogens (tertiary/aromatic N) is 2. The molecule has 2 aliphatic heterocycles. The number of nitrogens with one attached hydrogen (secondary N) is 1.